The van der Waals surface area contributed by atoms with Crippen LogP contribution >= 0.6 is 15.9 Å². The first kappa shape index (κ1) is 12.1. The molecule has 0 unspecified atom stereocenters. The van der Waals surface area contributed by atoms with E-state index in [9.17, 15) is 9.59 Å². The van der Waals surface area contributed by atoms with Crippen LogP contribution in [-0.2, 0) is 0 Å². The van der Waals surface area contributed by atoms with Gasteiger partial charge in [0, 0.05) is 21.2 Å². The van der Waals surface area contributed by atoms with E-state index in [-0.39, 0.29) is 11.6 Å². The second-order valence-electron chi connectivity index (χ2n) is 4.23. The van der Waals surface area contributed by atoms with E-state index in [1.54, 1.807) is 36.4 Å². The summed E-state index contributed by atoms with van der Waals surface area (Å²) in [6.45, 7) is 0. The third kappa shape index (κ3) is 1.71. The summed E-state index contributed by atoms with van der Waals surface area (Å²) < 4.78 is 5.94. The number of halogens is 1. The van der Waals surface area contributed by atoms with Crippen molar-refractivity contribution < 1.29 is 14.3 Å². The molecule has 1 aliphatic rings. The summed E-state index contributed by atoms with van der Waals surface area (Å²) in [5, 5.41) is 0. The highest BCUT2D eigenvalue weighted by molar-refractivity contribution is 9.10. The molecule has 94 valence electrons. The summed E-state index contributed by atoms with van der Waals surface area (Å²) in [6.07, 6.45) is 0. The van der Waals surface area contributed by atoms with Gasteiger partial charge < -0.3 is 4.74 Å². The molecule has 0 bridgehead atoms. The predicted octanol–water partition coefficient (Wildman–Crippen LogP) is 3.23. The normalized spacial score (nSPS) is 12.9. The van der Waals surface area contributed by atoms with Gasteiger partial charge in [0.15, 0.2) is 11.6 Å². The molecule has 4 heteroatoms. The average Bonchev–Trinajstić information content (AvgIpc) is 2.43. The SMILES string of the molecule is COc1cc(Br)cc2c1C(=O)c1ccccc1C2=O. The monoisotopic (exact) mass is 316 g/mol. The molecule has 2 aromatic carbocycles. The first-order chi connectivity index (χ1) is 9.13. The topological polar surface area (TPSA) is 43.4 Å². The van der Waals surface area contributed by atoms with Crippen LogP contribution in [0.4, 0.5) is 0 Å². The molecule has 0 amide bonds. The first-order valence-electron chi connectivity index (χ1n) is 5.69. The second kappa shape index (κ2) is 4.31. The Bertz CT molecular complexity index is 719. The van der Waals surface area contributed by atoms with Gasteiger partial charge in [0.2, 0.25) is 0 Å². The van der Waals surface area contributed by atoms with Gasteiger partial charge in [-0.3, -0.25) is 9.59 Å². The van der Waals surface area contributed by atoms with Crippen LogP contribution in [0.15, 0.2) is 40.9 Å². The Morgan fingerprint density at radius 1 is 0.947 bits per heavy atom. The molecule has 0 saturated carbocycles. The quantitative estimate of drug-likeness (QED) is 0.692. The third-order valence-corrected chi connectivity index (χ3v) is 3.63. The van der Waals surface area contributed by atoms with Crippen molar-refractivity contribution in [3.8, 4) is 5.75 Å². The number of carbonyl (C=O) groups excluding carboxylic acids is 2. The van der Waals surface area contributed by atoms with Crippen LogP contribution in [0.3, 0.4) is 0 Å². The molecule has 0 atom stereocenters. The minimum absolute atomic E-state index is 0.148. The van der Waals surface area contributed by atoms with E-state index in [4.69, 9.17) is 4.74 Å². The molecule has 3 nitrogen and oxygen atoms in total. The number of hydrogen-bond acceptors (Lipinski definition) is 3. The number of hydrogen-bond donors (Lipinski definition) is 0. The minimum Gasteiger partial charge on any atom is -0.496 e. The van der Waals surface area contributed by atoms with E-state index < -0.39 is 0 Å². The Balaban J connectivity index is 2.36. The van der Waals surface area contributed by atoms with E-state index in [1.165, 1.54) is 7.11 Å². The zero-order valence-corrected chi connectivity index (χ0v) is 11.7. The summed E-state index contributed by atoms with van der Waals surface area (Å²) in [5.41, 5.74) is 1.60. The molecule has 0 spiro atoms. The largest absolute Gasteiger partial charge is 0.496 e. The van der Waals surface area contributed by atoms with Crippen LogP contribution in [0.5, 0.6) is 5.75 Å². The lowest BCUT2D eigenvalue weighted by Crippen LogP contribution is -2.21. The van der Waals surface area contributed by atoms with Gasteiger partial charge >= 0.3 is 0 Å². The molecular weight excluding hydrogens is 308 g/mol. The fourth-order valence-electron chi connectivity index (χ4n) is 2.32. The first-order valence-corrected chi connectivity index (χ1v) is 6.48. The Kier molecular flexibility index (Phi) is 2.75. The third-order valence-electron chi connectivity index (χ3n) is 3.17. The fraction of sp³-hybridized carbons (Fsp3) is 0.0667. The highest BCUT2D eigenvalue weighted by Gasteiger charge is 2.32. The number of carbonyl (C=O) groups is 2. The molecule has 0 heterocycles. The van der Waals surface area contributed by atoms with Gasteiger partial charge in [0.05, 0.1) is 12.7 Å². The second-order valence-corrected chi connectivity index (χ2v) is 5.15. The van der Waals surface area contributed by atoms with E-state index in [2.05, 4.69) is 15.9 Å². The van der Waals surface area contributed by atoms with Crippen LogP contribution in [0.1, 0.15) is 31.8 Å². The number of rotatable bonds is 1. The molecule has 0 aliphatic heterocycles. The van der Waals surface area contributed by atoms with Gasteiger partial charge in [-0.05, 0) is 12.1 Å². The standard InChI is InChI=1S/C15H9BrO3/c1-19-12-7-8(16)6-11-13(12)15(18)10-5-3-2-4-9(10)14(11)17/h2-7H,1H3. The van der Waals surface area contributed by atoms with Crippen molar-refractivity contribution in [2.45, 2.75) is 0 Å². The molecule has 0 N–H and O–H groups in total. The zero-order valence-electron chi connectivity index (χ0n) is 10.1. The molecule has 1 aliphatic carbocycles. The maximum atomic E-state index is 12.5. The smallest absolute Gasteiger partial charge is 0.198 e. The fourth-order valence-corrected chi connectivity index (χ4v) is 2.75. The van der Waals surface area contributed by atoms with Crippen molar-refractivity contribution in [2.24, 2.45) is 0 Å². The summed E-state index contributed by atoms with van der Waals surface area (Å²) in [7, 11) is 1.49. The van der Waals surface area contributed by atoms with Crippen molar-refractivity contribution in [2.75, 3.05) is 7.11 Å². The lowest BCUT2D eigenvalue weighted by atomic mass is 9.83. The predicted molar refractivity (Wildman–Crippen MR) is 74.0 cm³/mol. The van der Waals surface area contributed by atoms with Crippen molar-refractivity contribution >= 4 is 27.5 Å². The van der Waals surface area contributed by atoms with Crippen LogP contribution in [0.2, 0.25) is 0 Å². The average molecular weight is 317 g/mol. The van der Waals surface area contributed by atoms with Crippen LogP contribution in [0, 0.1) is 0 Å². The Labute approximate surface area is 118 Å². The highest BCUT2D eigenvalue weighted by atomic mass is 79.9. The molecule has 19 heavy (non-hydrogen) atoms. The molecule has 0 fully saturated rings. The van der Waals surface area contributed by atoms with Crippen LogP contribution in [0.25, 0.3) is 0 Å². The summed E-state index contributed by atoms with van der Waals surface area (Å²) >= 11 is 3.33. The van der Waals surface area contributed by atoms with E-state index in [0.29, 0.717) is 32.5 Å². The van der Waals surface area contributed by atoms with Crippen molar-refractivity contribution in [3.63, 3.8) is 0 Å². The summed E-state index contributed by atoms with van der Waals surface area (Å²) in [6, 6.07) is 10.2. The van der Waals surface area contributed by atoms with E-state index in [0.717, 1.165) is 0 Å². The molecule has 0 radical (unpaired) electrons. The Morgan fingerprint density at radius 3 is 2.21 bits per heavy atom. The molecule has 0 saturated heterocycles. The minimum atomic E-state index is -0.172. The van der Waals surface area contributed by atoms with Crippen molar-refractivity contribution in [3.05, 3.63) is 63.1 Å². The lowest BCUT2D eigenvalue weighted by Gasteiger charge is -2.19. The summed E-state index contributed by atoms with van der Waals surface area (Å²) in [4.78, 5) is 24.9. The van der Waals surface area contributed by atoms with Crippen LogP contribution < -0.4 is 4.74 Å². The van der Waals surface area contributed by atoms with Crippen molar-refractivity contribution in [1.82, 2.24) is 0 Å². The number of methoxy groups -OCH3 is 1. The summed E-state index contributed by atoms with van der Waals surface area (Å²) in [5.74, 6) is 0.0941. The zero-order chi connectivity index (χ0) is 13.6. The van der Waals surface area contributed by atoms with Gasteiger partial charge in [-0.25, -0.2) is 0 Å². The number of ketones is 2. The number of ether oxygens (including phenoxy) is 1. The molecule has 0 aromatic heterocycles. The lowest BCUT2D eigenvalue weighted by molar-refractivity contribution is 0.0976. The van der Waals surface area contributed by atoms with Gasteiger partial charge in [-0.1, -0.05) is 40.2 Å². The van der Waals surface area contributed by atoms with Crippen LogP contribution in [-0.4, -0.2) is 18.7 Å². The Hall–Kier alpha value is -1.94. The molecule has 3 rings (SSSR count). The molecule has 2 aromatic rings. The number of benzene rings is 2. The highest BCUT2D eigenvalue weighted by Crippen LogP contribution is 2.35. The maximum Gasteiger partial charge on any atom is 0.198 e. The van der Waals surface area contributed by atoms with Gasteiger partial charge in [-0.15, -0.1) is 0 Å². The van der Waals surface area contributed by atoms with E-state index >= 15 is 0 Å². The Morgan fingerprint density at radius 2 is 1.58 bits per heavy atom. The van der Waals surface area contributed by atoms with Crippen molar-refractivity contribution in [1.29, 1.82) is 0 Å². The molecular formula is C15H9BrO3. The van der Waals surface area contributed by atoms with E-state index in [1.807, 2.05) is 0 Å². The van der Waals surface area contributed by atoms with Gasteiger partial charge in [-0.2, -0.15) is 0 Å². The van der Waals surface area contributed by atoms with Gasteiger partial charge in [0.1, 0.15) is 5.75 Å². The maximum absolute atomic E-state index is 12.5. The number of fused-ring (bicyclic) bond motifs is 2. The van der Waals surface area contributed by atoms with Gasteiger partial charge in [0.25, 0.3) is 0 Å².